The maximum Gasteiger partial charge on any atom is 0.174 e. The van der Waals surface area contributed by atoms with Crippen molar-refractivity contribution in [1.82, 2.24) is 10.2 Å². The molecule has 0 unspecified atom stereocenters. The van der Waals surface area contributed by atoms with E-state index in [2.05, 4.69) is 15.5 Å². The van der Waals surface area contributed by atoms with Crippen LogP contribution in [0.3, 0.4) is 0 Å². The second-order valence-corrected chi connectivity index (χ2v) is 4.55. The van der Waals surface area contributed by atoms with E-state index in [4.69, 9.17) is 23.2 Å². The molecular formula is C9H11Cl2N3O. The molecule has 2 N–H and O–H groups in total. The number of rotatable bonds is 3. The van der Waals surface area contributed by atoms with Gasteiger partial charge in [0.05, 0.1) is 11.3 Å². The number of hydrogen-bond donors (Lipinski definition) is 2. The Kier molecular flexibility index (Phi) is 3.00. The summed E-state index contributed by atoms with van der Waals surface area (Å²) < 4.78 is 0. The summed E-state index contributed by atoms with van der Waals surface area (Å²) >= 11 is 11.5. The monoisotopic (exact) mass is 247 g/mol. The molecule has 1 aromatic rings. The zero-order chi connectivity index (χ0) is 10.9. The SMILES string of the molecule is OC1(CNc2cc(Cl)nnc2Cl)CCC1. The molecule has 0 aliphatic heterocycles. The van der Waals surface area contributed by atoms with Crippen molar-refractivity contribution in [3.05, 3.63) is 16.4 Å². The van der Waals surface area contributed by atoms with Gasteiger partial charge in [-0.3, -0.25) is 0 Å². The van der Waals surface area contributed by atoms with E-state index in [0.29, 0.717) is 12.2 Å². The van der Waals surface area contributed by atoms with Crippen molar-refractivity contribution < 1.29 is 5.11 Å². The topological polar surface area (TPSA) is 58.0 Å². The summed E-state index contributed by atoms with van der Waals surface area (Å²) in [5.41, 5.74) is 0.0102. The molecule has 0 radical (unpaired) electrons. The van der Waals surface area contributed by atoms with Crippen molar-refractivity contribution in [3.8, 4) is 0 Å². The van der Waals surface area contributed by atoms with E-state index >= 15 is 0 Å². The molecule has 1 fully saturated rings. The van der Waals surface area contributed by atoms with Crippen molar-refractivity contribution in [2.75, 3.05) is 11.9 Å². The first-order valence-corrected chi connectivity index (χ1v) is 5.50. The van der Waals surface area contributed by atoms with Crippen molar-refractivity contribution in [2.24, 2.45) is 0 Å². The van der Waals surface area contributed by atoms with Gasteiger partial charge in [0.1, 0.15) is 0 Å². The molecule has 1 aliphatic rings. The Bertz CT molecular complexity index is 368. The van der Waals surface area contributed by atoms with E-state index in [1.54, 1.807) is 6.07 Å². The molecule has 2 rings (SSSR count). The molecule has 0 spiro atoms. The highest BCUT2D eigenvalue weighted by Gasteiger charge is 2.34. The molecule has 4 nitrogen and oxygen atoms in total. The van der Waals surface area contributed by atoms with E-state index in [1.165, 1.54) is 0 Å². The van der Waals surface area contributed by atoms with Gasteiger partial charge in [-0.05, 0) is 19.3 Å². The number of hydrogen-bond acceptors (Lipinski definition) is 4. The van der Waals surface area contributed by atoms with Crippen LogP contribution in [-0.4, -0.2) is 27.4 Å². The molecule has 1 aliphatic carbocycles. The largest absolute Gasteiger partial charge is 0.388 e. The first-order chi connectivity index (χ1) is 7.09. The zero-order valence-corrected chi connectivity index (χ0v) is 9.52. The van der Waals surface area contributed by atoms with Gasteiger partial charge in [-0.1, -0.05) is 23.2 Å². The van der Waals surface area contributed by atoms with Crippen molar-refractivity contribution in [2.45, 2.75) is 24.9 Å². The molecular weight excluding hydrogens is 237 g/mol. The average molecular weight is 248 g/mol. The number of anilines is 1. The van der Waals surface area contributed by atoms with Crippen LogP contribution in [0, 0.1) is 0 Å². The van der Waals surface area contributed by atoms with E-state index in [1.807, 2.05) is 0 Å². The van der Waals surface area contributed by atoms with Crippen LogP contribution >= 0.6 is 23.2 Å². The second-order valence-electron chi connectivity index (χ2n) is 3.80. The van der Waals surface area contributed by atoms with Gasteiger partial charge in [0, 0.05) is 12.6 Å². The lowest BCUT2D eigenvalue weighted by Crippen LogP contribution is -2.43. The summed E-state index contributed by atoms with van der Waals surface area (Å²) in [5.74, 6) is 0. The van der Waals surface area contributed by atoms with Gasteiger partial charge in [-0.25, -0.2) is 0 Å². The molecule has 0 atom stereocenters. The third kappa shape index (κ3) is 2.51. The van der Waals surface area contributed by atoms with Crippen molar-refractivity contribution in [3.63, 3.8) is 0 Å². The Hall–Kier alpha value is -0.580. The van der Waals surface area contributed by atoms with Crippen LogP contribution in [0.25, 0.3) is 0 Å². The van der Waals surface area contributed by atoms with Gasteiger partial charge in [-0.15, -0.1) is 10.2 Å². The van der Waals surface area contributed by atoms with Crippen LogP contribution in [0.15, 0.2) is 6.07 Å². The Balaban J connectivity index is 2.01. The van der Waals surface area contributed by atoms with Crippen LogP contribution in [0.5, 0.6) is 0 Å². The third-order valence-corrected chi connectivity index (χ3v) is 3.08. The minimum Gasteiger partial charge on any atom is -0.388 e. The van der Waals surface area contributed by atoms with Crippen LogP contribution in [0.1, 0.15) is 19.3 Å². The summed E-state index contributed by atoms with van der Waals surface area (Å²) in [5, 5.41) is 20.7. The van der Waals surface area contributed by atoms with E-state index in [9.17, 15) is 5.11 Å². The number of aromatic nitrogens is 2. The predicted molar refractivity (Wildman–Crippen MR) is 59.3 cm³/mol. The number of aliphatic hydroxyl groups is 1. The maximum absolute atomic E-state index is 9.86. The van der Waals surface area contributed by atoms with Gasteiger partial charge < -0.3 is 10.4 Å². The van der Waals surface area contributed by atoms with Gasteiger partial charge in [0.15, 0.2) is 10.3 Å². The van der Waals surface area contributed by atoms with Crippen LogP contribution in [-0.2, 0) is 0 Å². The molecule has 6 heteroatoms. The highest BCUT2D eigenvalue weighted by atomic mass is 35.5. The normalized spacial score (nSPS) is 18.3. The van der Waals surface area contributed by atoms with E-state index in [-0.39, 0.29) is 10.3 Å². The minimum atomic E-state index is -0.598. The Morgan fingerprint density at radius 2 is 2.13 bits per heavy atom. The summed E-state index contributed by atoms with van der Waals surface area (Å²) in [6.07, 6.45) is 2.72. The fourth-order valence-electron chi connectivity index (χ4n) is 1.50. The molecule has 82 valence electrons. The lowest BCUT2D eigenvalue weighted by molar-refractivity contribution is -0.0202. The van der Waals surface area contributed by atoms with Crippen LogP contribution in [0.4, 0.5) is 5.69 Å². The first-order valence-electron chi connectivity index (χ1n) is 4.74. The van der Waals surface area contributed by atoms with Crippen molar-refractivity contribution in [1.29, 1.82) is 0 Å². The quantitative estimate of drug-likeness (QED) is 0.860. The fraction of sp³-hybridized carbons (Fsp3) is 0.556. The number of nitrogens with one attached hydrogen (secondary N) is 1. The molecule has 1 saturated carbocycles. The molecule has 0 aromatic carbocycles. The van der Waals surface area contributed by atoms with Crippen molar-refractivity contribution >= 4 is 28.9 Å². The van der Waals surface area contributed by atoms with E-state index in [0.717, 1.165) is 19.3 Å². The first kappa shape index (κ1) is 10.9. The highest BCUT2D eigenvalue weighted by molar-refractivity contribution is 6.33. The van der Waals surface area contributed by atoms with Gasteiger partial charge >= 0.3 is 0 Å². The maximum atomic E-state index is 9.86. The Morgan fingerprint density at radius 1 is 1.40 bits per heavy atom. The summed E-state index contributed by atoms with van der Waals surface area (Å²) in [6, 6.07) is 1.60. The molecule has 1 aromatic heterocycles. The fourth-order valence-corrected chi connectivity index (χ4v) is 1.80. The molecule has 0 amide bonds. The lowest BCUT2D eigenvalue weighted by Gasteiger charge is -2.36. The second kappa shape index (κ2) is 4.12. The summed E-state index contributed by atoms with van der Waals surface area (Å²) in [4.78, 5) is 0. The standard InChI is InChI=1S/C9H11Cl2N3O/c10-7-4-6(8(11)14-13-7)12-5-9(15)2-1-3-9/h4,15H,1-3,5H2,(H,12,13). The third-order valence-electron chi connectivity index (χ3n) is 2.61. The Morgan fingerprint density at radius 3 is 2.73 bits per heavy atom. The number of nitrogens with zero attached hydrogens (tertiary/aromatic N) is 2. The van der Waals surface area contributed by atoms with Gasteiger partial charge in [-0.2, -0.15) is 0 Å². The average Bonchev–Trinajstić information content (AvgIpc) is 2.17. The number of halogens is 2. The smallest absolute Gasteiger partial charge is 0.174 e. The molecule has 1 heterocycles. The van der Waals surface area contributed by atoms with Gasteiger partial charge in [0.2, 0.25) is 0 Å². The summed E-state index contributed by atoms with van der Waals surface area (Å²) in [7, 11) is 0. The highest BCUT2D eigenvalue weighted by Crippen LogP contribution is 2.32. The molecule has 0 bridgehead atoms. The predicted octanol–water partition coefficient (Wildman–Crippen LogP) is 2.11. The van der Waals surface area contributed by atoms with Gasteiger partial charge in [0.25, 0.3) is 0 Å². The molecule has 15 heavy (non-hydrogen) atoms. The zero-order valence-electron chi connectivity index (χ0n) is 8.00. The molecule has 0 saturated heterocycles. The Labute approximate surface area is 97.6 Å². The van der Waals surface area contributed by atoms with Crippen LogP contribution in [0.2, 0.25) is 10.3 Å². The van der Waals surface area contributed by atoms with Crippen LogP contribution < -0.4 is 5.32 Å². The van der Waals surface area contributed by atoms with E-state index < -0.39 is 5.60 Å². The lowest BCUT2D eigenvalue weighted by atomic mass is 9.80. The minimum absolute atomic E-state index is 0.266. The summed E-state index contributed by atoms with van der Waals surface area (Å²) in [6.45, 7) is 0.467.